The van der Waals surface area contributed by atoms with Crippen LogP contribution in [0.3, 0.4) is 0 Å². The monoisotopic (exact) mass is 351 g/mol. The second kappa shape index (κ2) is 5.17. The number of aromatic nitrogens is 4. The van der Waals surface area contributed by atoms with Crippen molar-refractivity contribution >= 4 is 28.7 Å². The zero-order chi connectivity index (χ0) is 18.8. The molecule has 3 aromatic rings. The van der Waals surface area contributed by atoms with Gasteiger partial charge < -0.3 is 15.6 Å². The number of aromatic amines is 1. The molecule has 2 amide bonds. The van der Waals surface area contributed by atoms with E-state index >= 15 is 0 Å². The van der Waals surface area contributed by atoms with E-state index in [1.165, 1.54) is 6.20 Å². The van der Waals surface area contributed by atoms with Crippen LogP contribution < -0.4 is 10.6 Å². The van der Waals surface area contributed by atoms with Crippen molar-refractivity contribution in [3.8, 4) is 11.5 Å². The largest absolute Gasteiger partial charge is 0.350 e. The lowest BCUT2D eigenvalue weighted by atomic mass is 9.86. The van der Waals surface area contributed by atoms with E-state index in [0.29, 0.717) is 11.5 Å². The van der Waals surface area contributed by atoms with Gasteiger partial charge >= 0.3 is 6.03 Å². The molecular weight excluding hydrogens is 332 g/mol. The van der Waals surface area contributed by atoms with Crippen LogP contribution in [0.25, 0.3) is 22.6 Å². The molecule has 3 N–H and O–H groups in total. The first-order valence-electron chi connectivity index (χ1n) is 8.35. The van der Waals surface area contributed by atoms with Crippen molar-refractivity contribution < 1.29 is 9.59 Å². The number of fused-ring (bicyclic) bond motifs is 2. The van der Waals surface area contributed by atoms with Gasteiger partial charge in [0.15, 0.2) is 5.82 Å². The van der Waals surface area contributed by atoms with E-state index in [-0.39, 0.29) is 11.9 Å². The summed E-state index contributed by atoms with van der Waals surface area (Å²) in [6, 6.07) is 6.12. The molecule has 8 heteroatoms. The Bertz CT molecular complexity index is 1060. The van der Waals surface area contributed by atoms with Crippen LogP contribution in [-0.4, -0.2) is 37.7 Å². The molecule has 2 aromatic heterocycles. The number of nitrogens with two attached hydrogens (primary N) is 1. The number of nitrogens with zero attached hydrogens (tertiary/aromatic N) is 4. The van der Waals surface area contributed by atoms with Crippen LogP contribution in [0.1, 0.15) is 33.3 Å². The number of anilines is 1. The predicted molar refractivity (Wildman–Crippen MR) is 96.8 cm³/mol. The zero-order valence-corrected chi connectivity index (χ0v) is 15.0. The molecule has 0 saturated heterocycles. The van der Waals surface area contributed by atoms with E-state index in [9.17, 15) is 9.59 Å². The maximum atomic E-state index is 12.8. The number of primary amides is 1. The third-order valence-corrected chi connectivity index (χ3v) is 4.78. The lowest BCUT2D eigenvalue weighted by molar-refractivity contribution is -0.122. The molecule has 0 atom stereocenters. The molecule has 0 unspecified atom stereocenters. The minimum atomic E-state index is -0.685. The van der Waals surface area contributed by atoms with Crippen molar-refractivity contribution in [2.45, 2.75) is 39.2 Å². The summed E-state index contributed by atoms with van der Waals surface area (Å²) < 4.78 is 1.00. The van der Waals surface area contributed by atoms with Gasteiger partial charge in [-0.15, -0.1) is 0 Å². The summed E-state index contributed by atoms with van der Waals surface area (Å²) in [6.45, 7) is 7.85. The number of rotatable bonds is 2. The first-order chi connectivity index (χ1) is 12.2. The standard InChI is InChI=1S/C18H19N6O2/c1-9(2)24-14-8-13-12(7-10(14)18(3,4)16(24)25)20-15(21-13)11-5-6-23(22-11)17(19)26/h6-9H,1-4H3,(H2,19,26)(H,20,21). The average Bonchev–Trinajstić information content (AvgIpc) is 3.23. The smallest absolute Gasteiger partial charge is 0.339 e. The van der Waals surface area contributed by atoms with Crippen molar-refractivity contribution in [3.05, 3.63) is 30.0 Å². The Morgan fingerprint density at radius 1 is 1.35 bits per heavy atom. The molecule has 0 saturated carbocycles. The molecule has 1 radical (unpaired) electrons. The number of hydrogen-bond acceptors (Lipinski definition) is 4. The van der Waals surface area contributed by atoms with Gasteiger partial charge in [0.2, 0.25) is 5.91 Å². The molecule has 8 nitrogen and oxygen atoms in total. The Morgan fingerprint density at radius 2 is 2.08 bits per heavy atom. The minimum Gasteiger partial charge on any atom is -0.350 e. The summed E-state index contributed by atoms with van der Waals surface area (Å²) >= 11 is 0. The Balaban J connectivity index is 1.86. The third kappa shape index (κ3) is 2.15. The maximum absolute atomic E-state index is 12.8. The van der Waals surface area contributed by atoms with Crippen LogP contribution in [-0.2, 0) is 10.2 Å². The number of carbonyl (C=O) groups is 2. The normalized spacial score (nSPS) is 15.9. The fourth-order valence-electron chi connectivity index (χ4n) is 3.41. The predicted octanol–water partition coefficient (Wildman–Crippen LogP) is 2.19. The van der Waals surface area contributed by atoms with E-state index in [4.69, 9.17) is 5.73 Å². The molecule has 3 heterocycles. The van der Waals surface area contributed by atoms with Crippen molar-refractivity contribution in [2.24, 2.45) is 5.73 Å². The number of nitrogens with one attached hydrogen (secondary N) is 1. The number of hydrogen-bond donors (Lipinski definition) is 2. The topological polar surface area (TPSA) is 110 Å². The summed E-state index contributed by atoms with van der Waals surface area (Å²) in [4.78, 5) is 33.6. The molecule has 1 aliphatic heterocycles. The highest BCUT2D eigenvalue weighted by Crippen LogP contribution is 2.44. The van der Waals surface area contributed by atoms with Crippen LogP contribution in [0.2, 0.25) is 0 Å². The van der Waals surface area contributed by atoms with E-state index in [2.05, 4.69) is 21.1 Å². The first-order valence-corrected chi connectivity index (χ1v) is 8.35. The van der Waals surface area contributed by atoms with E-state index < -0.39 is 11.4 Å². The molecule has 1 aromatic carbocycles. The second-order valence-corrected chi connectivity index (χ2v) is 7.27. The highest BCUT2D eigenvalue weighted by molar-refractivity contribution is 6.09. The highest BCUT2D eigenvalue weighted by atomic mass is 16.2. The Hall–Kier alpha value is -3.16. The zero-order valence-electron chi connectivity index (χ0n) is 15.0. The van der Waals surface area contributed by atoms with Gasteiger partial charge in [-0.25, -0.2) is 9.78 Å². The third-order valence-electron chi connectivity index (χ3n) is 4.78. The van der Waals surface area contributed by atoms with Gasteiger partial charge in [0.05, 0.1) is 22.1 Å². The van der Waals surface area contributed by atoms with Crippen molar-refractivity contribution in [1.29, 1.82) is 0 Å². The van der Waals surface area contributed by atoms with Gasteiger partial charge in [0.1, 0.15) is 5.69 Å². The van der Waals surface area contributed by atoms with Gasteiger partial charge in [0.25, 0.3) is 0 Å². The maximum Gasteiger partial charge on any atom is 0.339 e. The second-order valence-electron chi connectivity index (χ2n) is 7.27. The summed E-state index contributed by atoms with van der Waals surface area (Å²) in [5.41, 5.74) is 8.37. The quantitative estimate of drug-likeness (QED) is 0.737. The molecule has 4 rings (SSSR count). The molecular formula is C18H19N6O2. The van der Waals surface area contributed by atoms with Gasteiger partial charge in [-0.05, 0) is 45.4 Å². The van der Waals surface area contributed by atoms with Gasteiger partial charge in [-0.3, -0.25) is 4.79 Å². The van der Waals surface area contributed by atoms with E-state index in [1.807, 2.05) is 44.7 Å². The number of amides is 2. The van der Waals surface area contributed by atoms with Gasteiger partial charge in [-0.2, -0.15) is 9.78 Å². The lowest BCUT2D eigenvalue weighted by Gasteiger charge is -2.24. The number of H-pyrrole nitrogens is 1. The van der Waals surface area contributed by atoms with Gasteiger partial charge in [0, 0.05) is 18.3 Å². The van der Waals surface area contributed by atoms with Crippen LogP contribution in [0, 0.1) is 6.07 Å². The fraction of sp³-hybridized carbons (Fsp3) is 0.333. The minimum absolute atomic E-state index is 0.0542. The Kier molecular flexibility index (Phi) is 3.24. The summed E-state index contributed by atoms with van der Waals surface area (Å²) in [6.07, 6.45) is 1.37. The average molecular weight is 351 g/mol. The summed E-state index contributed by atoms with van der Waals surface area (Å²) in [5, 5.41) is 4.07. The molecule has 0 bridgehead atoms. The lowest BCUT2D eigenvalue weighted by Crippen LogP contribution is -2.40. The highest BCUT2D eigenvalue weighted by Gasteiger charge is 2.45. The Morgan fingerprint density at radius 3 is 2.69 bits per heavy atom. The molecule has 0 aliphatic carbocycles. The fourth-order valence-corrected chi connectivity index (χ4v) is 3.41. The van der Waals surface area contributed by atoms with Crippen LogP contribution >= 0.6 is 0 Å². The van der Waals surface area contributed by atoms with Crippen LogP contribution in [0.4, 0.5) is 10.5 Å². The number of imidazole rings is 1. The first kappa shape index (κ1) is 16.3. The molecule has 0 fully saturated rings. The van der Waals surface area contributed by atoms with Crippen molar-refractivity contribution in [1.82, 2.24) is 19.7 Å². The van der Waals surface area contributed by atoms with Crippen molar-refractivity contribution in [2.75, 3.05) is 4.90 Å². The summed E-state index contributed by atoms with van der Waals surface area (Å²) in [7, 11) is 0. The molecule has 133 valence electrons. The molecule has 1 aliphatic rings. The Labute approximate surface area is 150 Å². The van der Waals surface area contributed by atoms with Gasteiger partial charge in [-0.1, -0.05) is 0 Å². The summed E-state index contributed by atoms with van der Waals surface area (Å²) in [5.74, 6) is 0.577. The van der Waals surface area contributed by atoms with Crippen LogP contribution in [0.15, 0.2) is 18.3 Å². The number of benzene rings is 1. The van der Waals surface area contributed by atoms with E-state index in [0.717, 1.165) is 27.0 Å². The van der Waals surface area contributed by atoms with Crippen LogP contribution in [0.5, 0.6) is 0 Å². The SMILES string of the molecule is CC(C)N1C(=O)C(C)(C)c2cc3[nH]c(-c4[c]cn(C(N)=O)n4)nc3cc21. The molecule has 0 spiro atoms. The molecule has 26 heavy (non-hydrogen) atoms. The number of carbonyl (C=O) groups excluding carboxylic acids is 2. The van der Waals surface area contributed by atoms with E-state index in [1.54, 1.807) is 0 Å². The van der Waals surface area contributed by atoms with Crippen molar-refractivity contribution in [3.63, 3.8) is 0 Å².